The quantitative estimate of drug-likeness (QED) is 0.435. The van der Waals surface area contributed by atoms with E-state index in [1.54, 1.807) is 0 Å². The molecule has 0 spiro atoms. The summed E-state index contributed by atoms with van der Waals surface area (Å²) >= 11 is 4.07. The van der Waals surface area contributed by atoms with E-state index in [1.807, 2.05) is 0 Å². The molecule has 0 unspecified atom stereocenters. The molecule has 0 heterocycles. The van der Waals surface area contributed by atoms with E-state index in [1.165, 1.54) is 0 Å². The van der Waals surface area contributed by atoms with Crippen molar-refractivity contribution in [2.24, 2.45) is 0 Å². The Bertz CT molecular complexity index is 61.1. The summed E-state index contributed by atoms with van der Waals surface area (Å²) in [6.45, 7) is 1.95. The van der Waals surface area contributed by atoms with Crippen LogP contribution in [0.15, 0.2) is 0 Å². The van der Waals surface area contributed by atoms with Crippen molar-refractivity contribution in [1.82, 2.24) is 0 Å². The number of aliphatic hydroxyl groups excluding tert-OH is 1. The molecule has 0 aliphatic carbocycles. The van der Waals surface area contributed by atoms with Gasteiger partial charge in [-0.1, -0.05) is 0 Å². The third-order valence-electron chi connectivity index (χ3n) is 1.39. The van der Waals surface area contributed by atoms with Crippen molar-refractivity contribution >= 4 is 12.6 Å². The number of ether oxygens (including phenoxy) is 1. The third kappa shape index (κ3) is 10.3. The van der Waals surface area contributed by atoms with E-state index >= 15 is 0 Å². The summed E-state index contributed by atoms with van der Waals surface area (Å²) in [4.78, 5) is 0. The number of hydrogen-bond donors (Lipinski definition) is 2. The summed E-state index contributed by atoms with van der Waals surface area (Å²) in [7, 11) is 0. The number of rotatable bonds is 8. The van der Waals surface area contributed by atoms with Crippen LogP contribution in [-0.2, 0) is 4.74 Å². The molecular weight excluding hydrogens is 160 g/mol. The molecule has 0 saturated carbocycles. The fraction of sp³-hybridized carbons (Fsp3) is 1.00. The molecule has 1 N–H and O–H groups in total. The van der Waals surface area contributed by atoms with Crippen LogP contribution in [0.25, 0.3) is 0 Å². The predicted molar refractivity (Wildman–Crippen MR) is 50.2 cm³/mol. The molecule has 3 heteroatoms. The summed E-state index contributed by atoms with van der Waals surface area (Å²) < 4.78 is 5.29. The summed E-state index contributed by atoms with van der Waals surface area (Å²) in [6.07, 6.45) is 4.06. The molecule has 0 amide bonds. The van der Waals surface area contributed by atoms with Crippen molar-refractivity contribution in [3.63, 3.8) is 0 Å². The molecule has 0 aromatic rings. The first-order valence-corrected chi connectivity index (χ1v) is 4.84. The van der Waals surface area contributed by atoms with Gasteiger partial charge in [0.1, 0.15) is 0 Å². The fourth-order valence-electron chi connectivity index (χ4n) is 0.761. The molecule has 11 heavy (non-hydrogen) atoms. The molecule has 0 fully saturated rings. The lowest BCUT2D eigenvalue weighted by atomic mass is 10.2. The number of unbranched alkanes of at least 4 members (excludes halogenated alkanes) is 2. The Labute approximate surface area is 74.4 Å². The minimum absolute atomic E-state index is 0.302. The molecule has 2 nitrogen and oxygen atoms in total. The van der Waals surface area contributed by atoms with Gasteiger partial charge in [0, 0.05) is 19.8 Å². The van der Waals surface area contributed by atoms with Crippen molar-refractivity contribution < 1.29 is 9.84 Å². The van der Waals surface area contributed by atoms with Gasteiger partial charge in [-0.3, -0.25) is 0 Å². The first-order valence-electron chi connectivity index (χ1n) is 4.21. The van der Waals surface area contributed by atoms with Gasteiger partial charge in [-0.15, -0.1) is 0 Å². The Balaban J connectivity index is 2.69. The van der Waals surface area contributed by atoms with E-state index in [9.17, 15) is 0 Å². The second-order valence-electron chi connectivity index (χ2n) is 2.47. The molecule has 0 bridgehead atoms. The van der Waals surface area contributed by atoms with Crippen molar-refractivity contribution in [3.05, 3.63) is 0 Å². The van der Waals surface area contributed by atoms with Crippen molar-refractivity contribution in [2.75, 3.05) is 25.6 Å². The van der Waals surface area contributed by atoms with Crippen molar-refractivity contribution in [3.8, 4) is 0 Å². The molecule has 0 saturated heterocycles. The summed E-state index contributed by atoms with van der Waals surface area (Å²) in [5.74, 6) is 0.899. The van der Waals surface area contributed by atoms with Crippen LogP contribution in [0.1, 0.15) is 25.7 Å². The Morgan fingerprint density at radius 2 is 1.73 bits per heavy atom. The molecule has 0 radical (unpaired) electrons. The molecule has 0 atom stereocenters. The Morgan fingerprint density at radius 1 is 1.00 bits per heavy atom. The van der Waals surface area contributed by atoms with Gasteiger partial charge in [-0.2, -0.15) is 12.6 Å². The largest absolute Gasteiger partial charge is 0.396 e. The maximum atomic E-state index is 8.46. The Hall–Kier alpha value is 0.270. The zero-order chi connectivity index (χ0) is 8.36. The van der Waals surface area contributed by atoms with Gasteiger partial charge in [-0.05, 0) is 31.4 Å². The van der Waals surface area contributed by atoms with Crippen LogP contribution in [0.5, 0.6) is 0 Å². The van der Waals surface area contributed by atoms with Gasteiger partial charge in [0.2, 0.25) is 0 Å². The van der Waals surface area contributed by atoms with Gasteiger partial charge in [-0.25, -0.2) is 0 Å². The van der Waals surface area contributed by atoms with Crippen molar-refractivity contribution in [2.45, 2.75) is 25.7 Å². The van der Waals surface area contributed by atoms with Gasteiger partial charge >= 0.3 is 0 Å². The maximum Gasteiger partial charge on any atom is 0.0473 e. The van der Waals surface area contributed by atoms with Gasteiger partial charge in [0.25, 0.3) is 0 Å². The van der Waals surface area contributed by atoms with E-state index < -0.39 is 0 Å². The Morgan fingerprint density at radius 3 is 2.36 bits per heavy atom. The van der Waals surface area contributed by atoms with E-state index in [2.05, 4.69) is 12.6 Å². The highest BCUT2D eigenvalue weighted by Crippen LogP contribution is 1.95. The molecule has 0 aromatic heterocycles. The predicted octanol–water partition coefficient (Wildman–Crippen LogP) is 1.49. The summed E-state index contributed by atoms with van der Waals surface area (Å²) in [6, 6.07) is 0. The standard InChI is InChI=1S/C8H18O2S/c9-5-2-1-3-6-10-7-4-8-11/h9,11H,1-8H2. The second kappa shape index (κ2) is 10.3. The van der Waals surface area contributed by atoms with Crippen LogP contribution in [0, 0.1) is 0 Å². The molecular formula is C8H18O2S. The number of thiol groups is 1. The lowest BCUT2D eigenvalue weighted by Gasteiger charge is -2.01. The smallest absolute Gasteiger partial charge is 0.0473 e. The van der Waals surface area contributed by atoms with E-state index in [4.69, 9.17) is 9.84 Å². The van der Waals surface area contributed by atoms with Gasteiger partial charge in [0.05, 0.1) is 0 Å². The highest BCUT2D eigenvalue weighted by molar-refractivity contribution is 7.80. The van der Waals surface area contributed by atoms with Crippen molar-refractivity contribution in [1.29, 1.82) is 0 Å². The third-order valence-corrected chi connectivity index (χ3v) is 1.71. The number of aliphatic hydroxyl groups is 1. The molecule has 0 aliphatic heterocycles. The Kier molecular flexibility index (Phi) is 10.5. The summed E-state index contributed by atoms with van der Waals surface area (Å²) in [5, 5.41) is 8.46. The minimum Gasteiger partial charge on any atom is -0.396 e. The van der Waals surface area contributed by atoms with Crippen LogP contribution in [0.3, 0.4) is 0 Å². The zero-order valence-corrected chi connectivity index (χ0v) is 7.85. The van der Waals surface area contributed by atoms with Crippen LogP contribution < -0.4 is 0 Å². The highest BCUT2D eigenvalue weighted by Gasteiger charge is 1.88. The van der Waals surface area contributed by atoms with E-state index in [-0.39, 0.29) is 0 Å². The topological polar surface area (TPSA) is 29.5 Å². The second-order valence-corrected chi connectivity index (χ2v) is 2.92. The normalized spacial score (nSPS) is 10.4. The zero-order valence-electron chi connectivity index (χ0n) is 6.96. The highest BCUT2D eigenvalue weighted by atomic mass is 32.1. The van der Waals surface area contributed by atoms with E-state index in [0.29, 0.717) is 6.61 Å². The molecule has 0 rings (SSSR count). The first kappa shape index (κ1) is 11.3. The fourth-order valence-corrected chi connectivity index (χ4v) is 0.890. The van der Waals surface area contributed by atoms with Crippen LogP contribution >= 0.6 is 12.6 Å². The van der Waals surface area contributed by atoms with Crippen LogP contribution in [-0.4, -0.2) is 30.7 Å². The average Bonchev–Trinajstić information content (AvgIpc) is 2.03. The molecule has 0 aliphatic rings. The van der Waals surface area contributed by atoms with Gasteiger partial charge in [0.15, 0.2) is 0 Å². The summed E-state index contributed by atoms with van der Waals surface area (Å²) in [5.41, 5.74) is 0. The lowest BCUT2D eigenvalue weighted by Crippen LogP contribution is -1.97. The molecule has 0 aromatic carbocycles. The average molecular weight is 178 g/mol. The van der Waals surface area contributed by atoms with Crippen LogP contribution in [0.2, 0.25) is 0 Å². The van der Waals surface area contributed by atoms with Gasteiger partial charge < -0.3 is 9.84 Å². The first-order chi connectivity index (χ1) is 5.41. The van der Waals surface area contributed by atoms with Crippen LogP contribution in [0.4, 0.5) is 0 Å². The SMILES string of the molecule is OCCCCCOCCCS. The monoisotopic (exact) mass is 178 g/mol. The maximum absolute atomic E-state index is 8.46. The van der Waals surface area contributed by atoms with E-state index in [0.717, 1.165) is 44.6 Å². The minimum atomic E-state index is 0.302. The lowest BCUT2D eigenvalue weighted by molar-refractivity contribution is 0.129. The number of hydrogen-bond acceptors (Lipinski definition) is 3. The molecule has 68 valence electrons.